The summed E-state index contributed by atoms with van der Waals surface area (Å²) in [5.41, 5.74) is 5.61. The third-order valence-electron chi connectivity index (χ3n) is 5.34. The molecule has 8 heteroatoms. The molecule has 1 fully saturated rings. The summed E-state index contributed by atoms with van der Waals surface area (Å²) in [6.45, 7) is 0. The van der Waals surface area contributed by atoms with Gasteiger partial charge in [-0.15, -0.1) is 0 Å². The lowest BCUT2D eigenvalue weighted by Gasteiger charge is -2.17. The molecule has 4 rings (SSSR count). The number of hydrogen-bond donors (Lipinski definition) is 2. The Balaban J connectivity index is 1.70. The first-order valence-electron chi connectivity index (χ1n) is 9.46. The van der Waals surface area contributed by atoms with Crippen LogP contribution >= 0.6 is 0 Å². The van der Waals surface area contributed by atoms with Crippen molar-refractivity contribution in [2.45, 2.75) is 18.1 Å². The number of rotatable bonds is 5. The smallest absolute Gasteiger partial charge is 0.269 e. The zero-order valence-electron chi connectivity index (χ0n) is 16.6. The Labute approximate surface area is 173 Å². The summed E-state index contributed by atoms with van der Waals surface area (Å²) in [7, 11) is 3.82. The van der Waals surface area contributed by atoms with Crippen LogP contribution in [0.4, 0.5) is 0 Å². The Bertz CT molecular complexity index is 1210. The van der Waals surface area contributed by atoms with Gasteiger partial charge in [-0.1, -0.05) is 17.9 Å². The highest BCUT2D eigenvalue weighted by atomic mass is 16.3. The van der Waals surface area contributed by atoms with Crippen LogP contribution in [0, 0.1) is 17.8 Å². The topological polar surface area (TPSA) is 114 Å². The summed E-state index contributed by atoms with van der Waals surface area (Å²) in [6.07, 6.45) is 2.84. The Morgan fingerprint density at radius 3 is 2.83 bits per heavy atom. The van der Waals surface area contributed by atoms with Gasteiger partial charge >= 0.3 is 0 Å². The van der Waals surface area contributed by atoms with E-state index in [9.17, 15) is 14.7 Å². The van der Waals surface area contributed by atoms with E-state index in [1.807, 2.05) is 19.0 Å². The lowest BCUT2D eigenvalue weighted by molar-refractivity contribution is -0.121. The SMILES string of the molecule is CN(C)C1CC1C(O)(C#Cc1cccc(-n2nc(C(N)=O)c3cccnc32)c1)C=O. The summed E-state index contributed by atoms with van der Waals surface area (Å²) in [4.78, 5) is 29.6. The van der Waals surface area contributed by atoms with Crippen molar-refractivity contribution in [1.82, 2.24) is 19.7 Å². The summed E-state index contributed by atoms with van der Waals surface area (Å²) >= 11 is 0. The molecule has 0 spiro atoms. The number of nitrogens with zero attached hydrogens (tertiary/aromatic N) is 4. The van der Waals surface area contributed by atoms with Gasteiger partial charge in [-0.2, -0.15) is 5.10 Å². The van der Waals surface area contributed by atoms with Gasteiger partial charge in [0.15, 0.2) is 23.2 Å². The second-order valence-electron chi connectivity index (χ2n) is 7.62. The fraction of sp³-hybridized carbons (Fsp3) is 0.273. The van der Waals surface area contributed by atoms with Crippen molar-refractivity contribution >= 4 is 23.2 Å². The van der Waals surface area contributed by atoms with Crippen LogP contribution in [-0.4, -0.2) is 62.7 Å². The summed E-state index contributed by atoms with van der Waals surface area (Å²) in [5.74, 6) is 4.79. The van der Waals surface area contributed by atoms with Crippen LogP contribution in [0.15, 0.2) is 42.6 Å². The molecule has 0 aliphatic heterocycles. The largest absolute Gasteiger partial charge is 0.371 e. The van der Waals surface area contributed by atoms with Gasteiger partial charge in [0.25, 0.3) is 5.91 Å². The second kappa shape index (κ2) is 7.37. The molecular weight excluding hydrogens is 382 g/mol. The predicted octanol–water partition coefficient (Wildman–Crippen LogP) is 0.751. The molecule has 3 N–H and O–H groups in total. The lowest BCUT2D eigenvalue weighted by Crippen LogP contribution is -2.35. The van der Waals surface area contributed by atoms with E-state index in [1.54, 1.807) is 42.6 Å². The lowest BCUT2D eigenvalue weighted by atomic mass is 9.99. The summed E-state index contributed by atoms with van der Waals surface area (Å²) in [5, 5.41) is 15.6. The van der Waals surface area contributed by atoms with Crippen molar-refractivity contribution < 1.29 is 14.7 Å². The molecule has 3 atom stereocenters. The van der Waals surface area contributed by atoms with E-state index in [2.05, 4.69) is 21.9 Å². The monoisotopic (exact) mass is 403 g/mol. The van der Waals surface area contributed by atoms with Crippen molar-refractivity contribution in [3.05, 3.63) is 53.9 Å². The molecule has 3 unspecified atom stereocenters. The molecule has 0 radical (unpaired) electrons. The number of fused-ring (bicyclic) bond motifs is 1. The molecule has 152 valence electrons. The molecule has 1 aromatic carbocycles. The minimum Gasteiger partial charge on any atom is -0.371 e. The molecule has 0 saturated heterocycles. The molecule has 2 heterocycles. The number of primary amides is 1. The molecule has 1 saturated carbocycles. The van der Waals surface area contributed by atoms with E-state index in [0.29, 0.717) is 28.6 Å². The van der Waals surface area contributed by atoms with E-state index in [0.717, 1.165) is 6.42 Å². The highest BCUT2D eigenvalue weighted by molar-refractivity contribution is 6.03. The number of nitrogens with two attached hydrogens (primary N) is 1. The molecule has 1 aliphatic rings. The van der Waals surface area contributed by atoms with Gasteiger partial charge in [0.2, 0.25) is 0 Å². The Morgan fingerprint density at radius 1 is 1.37 bits per heavy atom. The van der Waals surface area contributed by atoms with Gasteiger partial charge in [0.05, 0.1) is 11.1 Å². The maximum absolute atomic E-state index is 11.7. The molecular formula is C22H21N5O3. The number of aliphatic hydroxyl groups is 1. The highest BCUT2D eigenvalue weighted by Crippen LogP contribution is 2.42. The Kier molecular flexibility index (Phi) is 4.86. The minimum absolute atomic E-state index is 0.133. The van der Waals surface area contributed by atoms with Crippen molar-refractivity contribution in [1.29, 1.82) is 0 Å². The second-order valence-corrected chi connectivity index (χ2v) is 7.62. The van der Waals surface area contributed by atoms with Gasteiger partial charge in [-0.05, 0) is 50.8 Å². The van der Waals surface area contributed by atoms with E-state index >= 15 is 0 Å². The molecule has 8 nitrogen and oxygen atoms in total. The predicted molar refractivity (Wildman–Crippen MR) is 111 cm³/mol. The van der Waals surface area contributed by atoms with E-state index < -0.39 is 11.5 Å². The first-order valence-corrected chi connectivity index (χ1v) is 9.46. The molecule has 30 heavy (non-hydrogen) atoms. The van der Waals surface area contributed by atoms with Gasteiger partial charge < -0.3 is 15.7 Å². The average molecular weight is 403 g/mol. The van der Waals surface area contributed by atoms with Crippen LogP contribution in [0.2, 0.25) is 0 Å². The molecule has 1 aliphatic carbocycles. The van der Waals surface area contributed by atoms with E-state index in [-0.39, 0.29) is 17.7 Å². The molecule has 1 amide bonds. The number of carbonyl (C=O) groups is 2. The number of carbonyl (C=O) groups excluding carboxylic acids is 2. The van der Waals surface area contributed by atoms with Crippen molar-refractivity contribution in [3.63, 3.8) is 0 Å². The van der Waals surface area contributed by atoms with Gasteiger partial charge in [0, 0.05) is 23.7 Å². The molecule has 3 aromatic rings. The Morgan fingerprint density at radius 2 is 2.17 bits per heavy atom. The van der Waals surface area contributed by atoms with Crippen LogP contribution in [0.25, 0.3) is 16.7 Å². The normalized spacial score (nSPS) is 19.7. The summed E-state index contributed by atoms with van der Waals surface area (Å²) in [6, 6.07) is 10.7. The first kappa shape index (κ1) is 19.8. The van der Waals surface area contributed by atoms with Crippen LogP contribution in [0.3, 0.4) is 0 Å². The fourth-order valence-electron chi connectivity index (χ4n) is 3.64. The number of hydrogen-bond acceptors (Lipinski definition) is 6. The summed E-state index contributed by atoms with van der Waals surface area (Å²) < 4.78 is 1.52. The minimum atomic E-state index is -1.69. The highest BCUT2D eigenvalue weighted by Gasteiger charge is 2.52. The van der Waals surface area contributed by atoms with Crippen LogP contribution < -0.4 is 5.73 Å². The number of aldehydes is 1. The molecule has 2 aromatic heterocycles. The Hall–Kier alpha value is -3.54. The third kappa shape index (κ3) is 3.45. The van der Waals surface area contributed by atoms with E-state index in [4.69, 9.17) is 5.73 Å². The van der Waals surface area contributed by atoms with Crippen molar-refractivity contribution in [2.75, 3.05) is 14.1 Å². The van der Waals surface area contributed by atoms with Crippen molar-refractivity contribution in [3.8, 4) is 17.5 Å². The first-order chi connectivity index (χ1) is 14.3. The van der Waals surface area contributed by atoms with Crippen LogP contribution in [-0.2, 0) is 4.79 Å². The quantitative estimate of drug-likeness (QED) is 0.480. The van der Waals surface area contributed by atoms with E-state index in [1.165, 1.54) is 4.68 Å². The molecule has 0 bridgehead atoms. The van der Waals surface area contributed by atoms with Gasteiger partial charge in [0.1, 0.15) is 0 Å². The number of aromatic nitrogens is 3. The standard InChI is InChI=1S/C22H21N5O3/c1-26(2)18-12-17(18)22(30,13-28)9-8-14-5-3-6-15(11-14)27-21-16(7-4-10-24-21)19(25-27)20(23)29/h3-7,10-11,13,17-18,30H,12H2,1-2H3,(H2,23,29). The zero-order valence-corrected chi connectivity index (χ0v) is 16.6. The number of amides is 1. The number of pyridine rings is 1. The maximum Gasteiger partial charge on any atom is 0.269 e. The fourth-order valence-corrected chi connectivity index (χ4v) is 3.64. The van der Waals surface area contributed by atoms with Crippen LogP contribution in [0.1, 0.15) is 22.5 Å². The zero-order chi connectivity index (χ0) is 21.5. The number of benzene rings is 1. The average Bonchev–Trinajstić information content (AvgIpc) is 3.47. The van der Waals surface area contributed by atoms with Crippen molar-refractivity contribution in [2.24, 2.45) is 11.7 Å². The van der Waals surface area contributed by atoms with Gasteiger partial charge in [-0.25, -0.2) is 9.67 Å². The maximum atomic E-state index is 11.7. The third-order valence-corrected chi connectivity index (χ3v) is 5.34. The van der Waals surface area contributed by atoms with Gasteiger partial charge in [-0.3, -0.25) is 9.59 Å². The van der Waals surface area contributed by atoms with Crippen LogP contribution in [0.5, 0.6) is 0 Å².